The second kappa shape index (κ2) is 4.52. The van der Waals surface area contributed by atoms with Crippen LogP contribution in [0.3, 0.4) is 0 Å². The zero-order chi connectivity index (χ0) is 11.9. The third-order valence-corrected chi connectivity index (χ3v) is 5.18. The molecule has 1 unspecified atom stereocenters. The minimum atomic E-state index is 0.297. The predicted molar refractivity (Wildman–Crippen MR) is 70.9 cm³/mol. The van der Waals surface area contributed by atoms with Crippen molar-refractivity contribution in [3.05, 3.63) is 0 Å². The smallest absolute Gasteiger partial charge is 0.0332 e. The van der Waals surface area contributed by atoms with Crippen LogP contribution in [0.2, 0.25) is 0 Å². The monoisotopic (exact) mass is 237 g/mol. The van der Waals surface area contributed by atoms with E-state index >= 15 is 0 Å². The fourth-order valence-electron chi connectivity index (χ4n) is 3.37. The lowest BCUT2D eigenvalue weighted by atomic mass is 9.92. The van der Waals surface area contributed by atoms with Gasteiger partial charge >= 0.3 is 0 Å². The molecule has 3 aliphatic rings. The van der Waals surface area contributed by atoms with Crippen LogP contribution in [0.15, 0.2) is 0 Å². The van der Waals surface area contributed by atoms with Crippen LogP contribution in [0, 0.1) is 11.8 Å². The van der Waals surface area contributed by atoms with Gasteiger partial charge in [-0.25, -0.2) is 0 Å². The molecule has 3 rings (SSSR count). The van der Waals surface area contributed by atoms with Gasteiger partial charge in [-0.05, 0) is 44.4 Å². The van der Waals surface area contributed by atoms with Crippen molar-refractivity contribution in [2.75, 3.05) is 39.3 Å². The van der Waals surface area contributed by atoms with Gasteiger partial charge in [0.2, 0.25) is 0 Å². The summed E-state index contributed by atoms with van der Waals surface area (Å²) in [4.78, 5) is 5.34. The molecule has 3 fully saturated rings. The summed E-state index contributed by atoms with van der Waals surface area (Å²) in [5, 5.41) is 0. The van der Waals surface area contributed by atoms with Crippen LogP contribution < -0.4 is 5.73 Å². The van der Waals surface area contributed by atoms with Crippen LogP contribution in [-0.4, -0.2) is 54.6 Å². The molecular weight excluding hydrogens is 210 g/mol. The summed E-state index contributed by atoms with van der Waals surface area (Å²) in [6.07, 6.45) is 5.75. The summed E-state index contributed by atoms with van der Waals surface area (Å²) in [6, 6.07) is 0. The molecule has 1 atom stereocenters. The number of piperazine rings is 1. The van der Waals surface area contributed by atoms with Crippen LogP contribution in [0.1, 0.15) is 32.6 Å². The Bertz CT molecular complexity index is 265. The van der Waals surface area contributed by atoms with E-state index < -0.39 is 0 Å². The molecule has 0 bridgehead atoms. The molecule has 0 spiro atoms. The second-order valence-electron chi connectivity index (χ2n) is 6.57. The van der Waals surface area contributed by atoms with Gasteiger partial charge in [0.05, 0.1) is 0 Å². The maximum Gasteiger partial charge on any atom is 0.0332 e. The number of nitrogens with zero attached hydrogens (tertiary/aromatic N) is 2. The van der Waals surface area contributed by atoms with Crippen LogP contribution in [-0.2, 0) is 0 Å². The number of nitrogens with two attached hydrogens (primary N) is 1. The molecular formula is C14H27N3. The first kappa shape index (κ1) is 11.9. The van der Waals surface area contributed by atoms with E-state index in [1.165, 1.54) is 58.4 Å². The molecule has 3 nitrogen and oxygen atoms in total. The third-order valence-electron chi connectivity index (χ3n) is 5.18. The van der Waals surface area contributed by atoms with Crippen molar-refractivity contribution in [2.24, 2.45) is 17.6 Å². The Morgan fingerprint density at radius 3 is 2.18 bits per heavy atom. The molecule has 1 saturated heterocycles. The molecule has 17 heavy (non-hydrogen) atoms. The summed E-state index contributed by atoms with van der Waals surface area (Å²) >= 11 is 0. The van der Waals surface area contributed by atoms with Gasteiger partial charge in [-0.3, -0.25) is 4.90 Å². The van der Waals surface area contributed by atoms with Gasteiger partial charge in [0.15, 0.2) is 0 Å². The topological polar surface area (TPSA) is 32.5 Å². The Hall–Kier alpha value is -0.120. The van der Waals surface area contributed by atoms with Gasteiger partial charge in [-0.2, -0.15) is 0 Å². The molecule has 1 heterocycles. The molecule has 2 saturated carbocycles. The van der Waals surface area contributed by atoms with Crippen LogP contribution in [0.25, 0.3) is 0 Å². The maximum absolute atomic E-state index is 6.05. The fraction of sp³-hybridized carbons (Fsp3) is 1.00. The highest BCUT2D eigenvalue weighted by Crippen LogP contribution is 2.42. The first-order valence-electron chi connectivity index (χ1n) is 7.40. The predicted octanol–water partition coefficient (Wildman–Crippen LogP) is 1.14. The van der Waals surface area contributed by atoms with Gasteiger partial charge in [-0.1, -0.05) is 0 Å². The number of rotatable bonds is 5. The molecule has 0 aromatic carbocycles. The van der Waals surface area contributed by atoms with E-state index in [9.17, 15) is 0 Å². The van der Waals surface area contributed by atoms with Gasteiger partial charge in [0.1, 0.15) is 0 Å². The Labute approximate surface area is 105 Å². The van der Waals surface area contributed by atoms with Gasteiger partial charge in [0.25, 0.3) is 0 Å². The van der Waals surface area contributed by atoms with Crippen molar-refractivity contribution in [2.45, 2.75) is 38.1 Å². The Balaban J connectivity index is 1.52. The van der Waals surface area contributed by atoms with Crippen molar-refractivity contribution < 1.29 is 0 Å². The highest BCUT2D eigenvalue weighted by Gasteiger charge is 2.45. The van der Waals surface area contributed by atoms with E-state index in [0.717, 1.165) is 18.4 Å². The largest absolute Gasteiger partial charge is 0.329 e. The Morgan fingerprint density at radius 2 is 1.71 bits per heavy atom. The normalized spacial score (nSPS) is 31.4. The molecule has 0 radical (unpaired) electrons. The zero-order valence-electron chi connectivity index (χ0n) is 11.2. The average molecular weight is 237 g/mol. The molecule has 98 valence electrons. The summed E-state index contributed by atoms with van der Waals surface area (Å²) in [5.41, 5.74) is 6.35. The molecule has 0 amide bonds. The first-order chi connectivity index (χ1) is 8.22. The van der Waals surface area contributed by atoms with E-state index in [1.54, 1.807) is 0 Å². The average Bonchev–Trinajstić information content (AvgIpc) is 3.21. The van der Waals surface area contributed by atoms with E-state index in [-0.39, 0.29) is 0 Å². The maximum atomic E-state index is 6.05. The highest BCUT2D eigenvalue weighted by atomic mass is 15.3. The molecule has 0 aromatic rings. The quantitative estimate of drug-likeness (QED) is 0.778. The third kappa shape index (κ3) is 2.51. The molecule has 2 aliphatic carbocycles. The summed E-state index contributed by atoms with van der Waals surface area (Å²) < 4.78 is 0. The molecule has 2 N–H and O–H groups in total. The number of hydrogen-bond donors (Lipinski definition) is 1. The molecule has 0 aromatic heterocycles. The van der Waals surface area contributed by atoms with Crippen molar-refractivity contribution in [1.29, 1.82) is 0 Å². The summed E-state index contributed by atoms with van der Waals surface area (Å²) in [7, 11) is 0. The minimum absolute atomic E-state index is 0.297. The summed E-state index contributed by atoms with van der Waals surface area (Å²) in [6.45, 7) is 9.57. The van der Waals surface area contributed by atoms with Crippen molar-refractivity contribution in [3.63, 3.8) is 0 Å². The van der Waals surface area contributed by atoms with Gasteiger partial charge in [0, 0.05) is 44.8 Å². The van der Waals surface area contributed by atoms with Crippen LogP contribution in [0.4, 0.5) is 0 Å². The lowest BCUT2D eigenvalue weighted by molar-refractivity contribution is 0.0320. The Kier molecular flexibility index (Phi) is 3.18. The van der Waals surface area contributed by atoms with E-state index in [1.807, 2.05) is 0 Å². The van der Waals surface area contributed by atoms with E-state index in [0.29, 0.717) is 5.54 Å². The lowest BCUT2D eigenvalue weighted by Gasteiger charge is -2.46. The van der Waals surface area contributed by atoms with Crippen molar-refractivity contribution in [1.82, 2.24) is 9.80 Å². The van der Waals surface area contributed by atoms with Crippen LogP contribution in [0.5, 0.6) is 0 Å². The minimum Gasteiger partial charge on any atom is -0.329 e. The van der Waals surface area contributed by atoms with Crippen LogP contribution >= 0.6 is 0 Å². The molecule has 1 aliphatic heterocycles. The van der Waals surface area contributed by atoms with Gasteiger partial charge < -0.3 is 10.6 Å². The lowest BCUT2D eigenvalue weighted by Crippen LogP contribution is -2.60. The highest BCUT2D eigenvalue weighted by molar-refractivity contribution is 5.01. The molecule has 3 heteroatoms. The van der Waals surface area contributed by atoms with Gasteiger partial charge in [-0.15, -0.1) is 0 Å². The van der Waals surface area contributed by atoms with Crippen molar-refractivity contribution in [3.8, 4) is 0 Å². The standard InChI is InChI=1S/C14H27N3/c1-14(11-15,13-4-5-13)17-8-6-16(7-9-17)10-12-2-3-12/h12-13H,2-11,15H2,1H3. The zero-order valence-corrected chi connectivity index (χ0v) is 11.2. The number of hydrogen-bond acceptors (Lipinski definition) is 3. The Morgan fingerprint density at radius 1 is 1.06 bits per heavy atom. The second-order valence-corrected chi connectivity index (χ2v) is 6.57. The SMILES string of the molecule is CC(CN)(C1CC1)N1CCN(CC2CC2)CC1. The van der Waals surface area contributed by atoms with E-state index in [4.69, 9.17) is 5.73 Å². The summed E-state index contributed by atoms with van der Waals surface area (Å²) in [5.74, 6) is 1.91. The first-order valence-corrected chi connectivity index (χ1v) is 7.40. The van der Waals surface area contributed by atoms with Crippen molar-refractivity contribution >= 4 is 0 Å². The fourth-order valence-corrected chi connectivity index (χ4v) is 3.37. The van der Waals surface area contributed by atoms with E-state index in [2.05, 4.69) is 16.7 Å².